The predicted octanol–water partition coefficient (Wildman–Crippen LogP) is 4.46. The third-order valence-electron chi connectivity index (χ3n) is 4.58. The highest BCUT2D eigenvalue weighted by atomic mass is 16.1. The van der Waals surface area contributed by atoms with Crippen molar-refractivity contribution in [1.29, 1.82) is 0 Å². The third-order valence-corrected chi connectivity index (χ3v) is 4.58. The normalized spacial score (nSPS) is 10.8. The summed E-state index contributed by atoms with van der Waals surface area (Å²) in [5.41, 5.74) is 4.06. The average molecular weight is 355 g/mol. The van der Waals surface area contributed by atoms with E-state index in [-0.39, 0.29) is 12.3 Å². The highest BCUT2D eigenvalue weighted by Crippen LogP contribution is 2.18. The molecule has 4 heteroatoms. The zero-order chi connectivity index (χ0) is 18.5. The minimum atomic E-state index is -0.0579. The lowest BCUT2D eigenvalue weighted by molar-refractivity contribution is -0.115. The number of anilines is 1. The van der Waals surface area contributed by atoms with Crippen LogP contribution in [0.1, 0.15) is 11.4 Å². The van der Waals surface area contributed by atoms with Crippen molar-refractivity contribution in [3.63, 3.8) is 0 Å². The number of hydrogen-bond acceptors (Lipinski definition) is 2. The molecule has 1 heterocycles. The van der Waals surface area contributed by atoms with E-state index in [0.717, 1.165) is 35.5 Å². The first kappa shape index (κ1) is 17.0. The number of imidazole rings is 1. The van der Waals surface area contributed by atoms with E-state index in [1.54, 1.807) is 0 Å². The summed E-state index contributed by atoms with van der Waals surface area (Å²) < 4.78 is 2.16. The van der Waals surface area contributed by atoms with Crippen LogP contribution in [0.5, 0.6) is 0 Å². The first-order valence-electron chi connectivity index (χ1n) is 9.12. The summed E-state index contributed by atoms with van der Waals surface area (Å²) in [5.74, 6) is 0.734. The lowest BCUT2D eigenvalue weighted by Crippen LogP contribution is -2.18. The lowest BCUT2D eigenvalue weighted by atomic mass is 10.1. The molecule has 0 aliphatic carbocycles. The van der Waals surface area contributed by atoms with Crippen molar-refractivity contribution in [2.45, 2.75) is 19.4 Å². The van der Waals surface area contributed by atoms with Crippen LogP contribution in [0.15, 0.2) is 84.9 Å². The van der Waals surface area contributed by atoms with Gasteiger partial charge in [0.25, 0.3) is 0 Å². The molecule has 4 aromatic rings. The molecule has 4 rings (SSSR count). The largest absolute Gasteiger partial charge is 0.327 e. The Morgan fingerprint density at radius 2 is 1.52 bits per heavy atom. The van der Waals surface area contributed by atoms with Crippen LogP contribution in [0.3, 0.4) is 0 Å². The van der Waals surface area contributed by atoms with Crippen LogP contribution < -0.4 is 5.32 Å². The fourth-order valence-corrected chi connectivity index (χ4v) is 3.27. The Morgan fingerprint density at radius 1 is 0.852 bits per heavy atom. The highest BCUT2D eigenvalue weighted by Gasteiger charge is 2.14. The van der Waals surface area contributed by atoms with Gasteiger partial charge in [0.1, 0.15) is 5.82 Å². The van der Waals surface area contributed by atoms with Gasteiger partial charge in [0, 0.05) is 12.2 Å². The second kappa shape index (κ2) is 7.87. The molecule has 1 amide bonds. The highest BCUT2D eigenvalue weighted by molar-refractivity contribution is 5.92. The summed E-state index contributed by atoms with van der Waals surface area (Å²) in [6.45, 7) is 0.790. The molecule has 27 heavy (non-hydrogen) atoms. The monoisotopic (exact) mass is 355 g/mol. The van der Waals surface area contributed by atoms with Crippen molar-refractivity contribution in [1.82, 2.24) is 9.55 Å². The van der Waals surface area contributed by atoms with Crippen LogP contribution in [-0.2, 0) is 24.2 Å². The molecule has 4 nitrogen and oxygen atoms in total. The fourth-order valence-electron chi connectivity index (χ4n) is 3.27. The number of hydrogen-bond donors (Lipinski definition) is 1. The van der Waals surface area contributed by atoms with Gasteiger partial charge in [0.05, 0.1) is 17.5 Å². The molecule has 0 unspecified atom stereocenters. The Labute approximate surface area is 158 Å². The Bertz CT molecular complexity index is 1040. The van der Waals surface area contributed by atoms with Crippen LogP contribution in [0.25, 0.3) is 11.0 Å². The van der Waals surface area contributed by atoms with Crippen LogP contribution in [0, 0.1) is 0 Å². The number of carbonyl (C=O) groups excluding carboxylic acids is 1. The first-order chi connectivity index (χ1) is 13.3. The van der Waals surface area contributed by atoms with Crippen LogP contribution in [-0.4, -0.2) is 15.5 Å². The summed E-state index contributed by atoms with van der Waals surface area (Å²) in [4.78, 5) is 17.2. The topological polar surface area (TPSA) is 46.9 Å². The lowest BCUT2D eigenvalue weighted by Gasteiger charge is -2.10. The van der Waals surface area contributed by atoms with Crippen molar-refractivity contribution in [3.8, 4) is 0 Å². The van der Waals surface area contributed by atoms with Crippen LogP contribution >= 0.6 is 0 Å². The van der Waals surface area contributed by atoms with Crippen LogP contribution in [0.2, 0.25) is 0 Å². The predicted molar refractivity (Wildman–Crippen MR) is 109 cm³/mol. The zero-order valence-electron chi connectivity index (χ0n) is 15.0. The van der Waals surface area contributed by atoms with E-state index < -0.39 is 0 Å². The van der Waals surface area contributed by atoms with E-state index in [1.807, 2.05) is 54.6 Å². The summed E-state index contributed by atoms with van der Waals surface area (Å²) in [6.07, 6.45) is 1.15. The van der Waals surface area contributed by atoms with Gasteiger partial charge in [-0.1, -0.05) is 60.7 Å². The number of fused-ring (bicyclic) bond motifs is 1. The van der Waals surface area contributed by atoms with Gasteiger partial charge in [-0.15, -0.1) is 0 Å². The van der Waals surface area contributed by atoms with E-state index in [4.69, 9.17) is 4.98 Å². The maximum absolute atomic E-state index is 12.5. The number of carbonyl (C=O) groups is 1. The number of para-hydroxylation sites is 3. The molecular weight excluding hydrogens is 334 g/mol. The molecule has 0 saturated carbocycles. The molecule has 0 aliphatic heterocycles. The molecule has 0 aliphatic rings. The second-order valence-electron chi connectivity index (χ2n) is 6.49. The van der Waals surface area contributed by atoms with Crippen LogP contribution in [0.4, 0.5) is 5.69 Å². The molecule has 134 valence electrons. The maximum Gasteiger partial charge on any atom is 0.231 e. The molecule has 0 spiro atoms. The summed E-state index contributed by atoms with van der Waals surface area (Å²) >= 11 is 0. The molecule has 1 aromatic heterocycles. The Balaban J connectivity index is 1.56. The molecule has 0 atom stereocenters. The number of rotatable bonds is 6. The average Bonchev–Trinajstić information content (AvgIpc) is 3.04. The Morgan fingerprint density at radius 3 is 2.30 bits per heavy atom. The quantitative estimate of drug-likeness (QED) is 0.555. The van der Waals surface area contributed by atoms with Gasteiger partial charge < -0.3 is 9.88 Å². The number of aryl methyl sites for hydroxylation is 2. The summed E-state index contributed by atoms with van der Waals surface area (Å²) in [7, 11) is 0. The van der Waals surface area contributed by atoms with Gasteiger partial charge in [-0.05, 0) is 36.2 Å². The standard InChI is InChI=1S/C23H21N3O/c27-23(24-19-11-5-2-6-12-19)17-22-25-20-13-7-8-14-21(20)26(22)16-15-18-9-3-1-4-10-18/h1-14H,15-17H2,(H,24,27). The molecule has 0 radical (unpaired) electrons. The van der Waals surface area contributed by atoms with Gasteiger partial charge >= 0.3 is 0 Å². The fraction of sp³-hybridized carbons (Fsp3) is 0.130. The zero-order valence-corrected chi connectivity index (χ0v) is 15.0. The minimum Gasteiger partial charge on any atom is -0.327 e. The van der Waals surface area contributed by atoms with Gasteiger partial charge in [-0.3, -0.25) is 4.79 Å². The molecular formula is C23H21N3O. The smallest absolute Gasteiger partial charge is 0.231 e. The molecule has 1 N–H and O–H groups in total. The third kappa shape index (κ3) is 4.06. The molecule has 3 aromatic carbocycles. The van der Waals surface area contributed by atoms with Crippen molar-refractivity contribution in [3.05, 3.63) is 96.3 Å². The molecule has 0 bridgehead atoms. The van der Waals surface area contributed by atoms with Crippen molar-refractivity contribution >= 4 is 22.6 Å². The van der Waals surface area contributed by atoms with Gasteiger partial charge in [0.2, 0.25) is 5.91 Å². The summed E-state index contributed by atoms with van der Waals surface area (Å²) in [6, 6.07) is 27.9. The SMILES string of the molecule is O=C(Cc1nc2ccccc2n1CCc1ccccc1)Nc1ccccc1. The van der Waals surface area contributed by atoms with Crippen molar-refractivity contribution in [2.75, 3.05) is 5.32 Å². The van der Waals surface area contributed by atoms with Gasteiger partial charge in [-0.2, -0.15) is 0 Å². The Hall–Kier alpha value is -3.40. The summed E-state index contributed by atoms with van der Waals surface area (Å²) in [5, 5.41) is 2.94. The van der Waals surface area contributed by atoms with E-state index in [9.17, 15) is 4.79 Å². The Kier molecular flexibility index (Phi) is 4.97. The first-order valence-corrected chi connectivity index (χ1v) is 9.12. The molecule has 0 saturated heterocycles. The van der Waals surface area contributed by atoms with E-state index in [2.05, 4.69) is 40.2 Å². The van der Waals surface area contributed by atoms with Crippen molar-refractivity contribution < 1.29 is 4.79 Å². The number of amides is 1. The molecule has 0 fully saturated rings. The number of benzene rings is 3. The van der Waals surface area contributed by atoms with Crippen molar-refractivity contribution in [2.24, 2.45) is 0 Å². The number of aromatic nitrogens is 2. The van der Waals surface area contributed by atoms with Gasteiger partial charge in [-0.25, -0.2) is 4.98 Å². The van der Waals surface area contributed by atoms with E-state index in [0.29, 0.717) is 0 Å². The number of nitrogens with zero attached hydrogens (tertiary/aromatic N) is 2. The second-order valence-corrected chi connectivity index (χ2v) is 6.49. The van der Waals surface area contributed by atoms with E-state index in [1.165, 1.54) is 5.56 Å². The number of nitrogens with one attached hydrogen (secondary N) is 1. The maximum atomic E-state index is 12.5. The van der Waals surface area contributed by atoms with Gasteiger partial charge in [0.15, 0.2) is 0 Å². The van der Waals surface area contributed by atoms with E-state index >= 15 is 0 Å². The minimum absolute atomic E-state index is 0.0579.